The number of fused-ring (bicyclic) bond motifs is 5. The van der Waals surface area contributed by atoms with Gasteiger partial charge in [-0.25, -0.2) is 0 Å². The molecule has 4 aliphatic carbocycles. The summed E-state index contributed by atoms with van der Waals surface area (Å²) >= 11 is 0. The van der Waals surface area contributed by atoms with Crippen LogP contribution in [0.25, 0.3) is 0 Å². The summed E-state index contributed by atoms with van der Waals surface area (Å²) in [4.78, 5) is 11.5. The van der Waals surface area contributed by atoms with Crippen LogP contribution in [0.3, 0.4) is 0 Å². The zero-order valence-electron chi connectivity index (χ0n) is 19.0. The van der Waals surface area contributed by atoms with Gasteiger partial charge in [0.2, 0.25) is 0 Å². The summed E-state index contributed by atoms with van der Waals surface area (Å²) < 4.78 is 0. The van der Waals surface area contributed by atoms with Crippen molar-refractivity contribution >= 4 is 5.78 Å². The van der Waals surface area contributed by atoms with E-state index in [1.807, 2.05) is 0 Å². The van der Waals surface area contributed by atoms with E-state index in [4.69, 9.17) is 0 Å². The van der Waals surface area contributed by atoms with Crippen LogP contribution in [0.2, 0.25) is 0 Å². The van der Waals surface area contributed by atoms with Crippen LogP contribution < -0.4 is 0 Å². The highest BCUT2D eigenvalue weighted by atomic mass is 16.1. The van der Waals surface area contributed by atoms with Gasteiger partial charge < -0.3 is 4.79 Å². The van der Waals surface area contributed by atoms with Crippen molar-refractivity contribution in [3.63, 3.8) is 0 Å². The zero-order valence-corrected chi connectivity index (χ0v) is 19.0. The summed E-state index contributed by atoms with van der Waals surface area (Å²) in [6, 6.07) is 0. The number of hydrogen-bond acceptors (Lipinski definition) is 1. The molecule has 156 valence electrons. The molecule has 3 fully saturated rings. The van der Waals surface area contributed by atoms with Crippen LogP contribution in [-0.4, -0.2) is 5.78 Å². The lowest BCUT2D eigenvalue weighted by Crippen LogP contribution is -2.51. The lowest BCUT2D eigenvalue weighted by atomic mass is 9.46. The van der Waals surface area contributed by atoms with Crippen molar-refractivity contribution in [2.24, 2.45) is 46.3 Å². The molecule has 0 aromatic rings. The number of carbonyl (C=O) groups is 1. The normalized spacial score (nSPS) is 46.2. The minimum absolute atomic E-state index is 0.355. The first-order valence-corrected chi connectivity index (χ1v) is 12.1. The second kappa shape index (κ2) is 7.13. The standard InChI is InChI=1S/C27H42O/c1-17-11-13-26(5)21(15-17)16-19(3)25-23-10-9-22(18(2)7-8-20(4)28)27(23,6)14-12-24(25)26/h16-18,22-25H,3,7-15H2,1-2,4-6H3/t17-,18-,22-,23?,24?,25?,26+,27-/m1/s1. The second-order valence-corrected chi connectivity index (χ2v) is 11.7. The monoisotopic (exact) mass is 382 g/mol. The van der Waals surface area contributed by atoms with Gasteiger partial charge in [-0.2, -0.15) is 0 Å². The van der Waals surface area contributed by atoms with E-state index in [1.165, 1.54) is 50.5 Å². The molecule has 0 aromatic carbocycles. The number of Topliss-reactive ketones (excluding diaryl/α,β-unsaturated/α-hetero) is 1. The Labute approximate surface area is 173 Å². The molecule has 4 rings (SSSR count). The molecule has 1 heteroatoms. The molecule has 0 radical (unpaired) electrons. The van der Waals surface area contributed by atoms with E-state index in [-0.39, 0.29) is 0 Å². The lowest BCUT2D eigenvalue weighted by molar-refractivity contribution is -0.117. The minimum atomic E-state index is 0.355. The summed E-state index contributed by atoms with van der Waals surface area (Å²) in [5, 5.41) is 0. The van der Waals surface area contributed by atoms with E-state index >= 15 is 0 Å². The molecule has 0 saturated heterocycles. The highest BCUT2D eigenvalue weighted by Crippen LogP contribution is 2.68. The fourth-order valence-electron chi connectivity index (χ4n) is 8.36. The summed E-state index contributed by atoms with van der Waals surface area (Å²) in [7, 11) is 0. The Morgan fingerprint density at radius 3 is 2.64 bits per heavy atom. The molecule has 0 bridgehead atoms. The third-order valence-electron chi connectivity index (χ3n) is 10.0. The highest BCUT2D eigenvalue weighted by molar-refractivity contribution is 5.75. The quantitative estimate of drug-likeness (QED) is 0.496. The minimum Gasteiger partial charge on any atom is -0.300 e. The van der Waals surface area contributed by atoms with Gasteiger partial charge in [-0.1, -0.05) is 51.5 Å². The van der Waals surface area contributed by atoms with E-state index in [0.717, 1.165) is 36.5 Å². The molecule has 0 aromatic heterocycles. The fraction of sp³-hybridized carbons (Fsp3) is 0.815. The lowest BCUT2D eigenvalue weighted by Gasteiger charge is -2.59. The summed E-state index contributed by atoms with van der Waals surface area (Å²) in [5.41, 5.74) is 4.06. The number of carbonyl (C=O) groups excluding carboxylic acids is 1. The van der Waals surface area contributed by atoms with Crippen LogP contribution >= 0.6 is 0 Å². The number of rotatable bonds is 4. The van der Waals surface area contributed by atoms with Crippen molar-refractivity contribution in [3.05, 3.63) is 23.8 Å². The predicted octanol–water partition coefficient (Wildman–Crippen LogP) is 7.37. The van der Waals surface area contributed by atoms with Crippen molar-refractivity contribution in [2.75, 3.05) is 0 Å². The van der Waals surface area contributed by atoms with Crippen LogP contribution in [0.5, 0.6) is 0 Å². The van der Waals surface area contributed by atoms with Gasteiger partial charge in [0.15, 0.2) is 0 Å². The van der Waals surface area contributed by atoms with Crippen LogP contribution in [0, 0.1) is 46.3 Å². The maximum absolute atomic E-state index is 11.5. The van der Waals surface area contributed by atoms with Crippen molar-refractivity contribution in [1.82, 2.24) is 0 Å². The molecule has 28 heavy (non-hydrogen) atoms. The molecule has 3 saturated carbocycles. The molecule has 8 atom stereocenters. The molecule has 0 heterocycles. The second-order valence-electron chi connectivity index (χ2n) is 11.7. The smallest absolute Gasteiger partial charge is 0.129 e. The first-order chi connectivity index (χ1) is 13.2. The highest BCUT2D eigenvalue weighted by Gasteiger charge is 2.59. The average molecular weight is 383 g/mol. The maximum atomic E-state index is 11.5. The zero-order chi connectivity index (χ0) is 20.3. The van der Waals surface area contributed by atoms with Crippen LogP contribution in [0.1, 0.15) is 92.4 Å². The van der Waals surface area contributed by atoms with Gasteiger partial charge in [0, 0.05) is 6.42 Å². The largest absolute Gasteiger partial charge is 0.300 e. The van der Waals surface area contributed by atoms with Crippen LogP contribution in [0.15, 0.2) is 23.8 Å². The Morgan fingerprint density at radius 2 is 1.93 bits per heavy atom. The van der Waals surface area contributed by atoms with Gasteiger partial charge in [0.1, 0.15) is 5.78 Å². The summed E-state index contributed by atoms with van der Waals surface area (Å²) in [5.74, 6) is 4.98. The average Bonchev–Trinajstić information content (AvgIpc) is 2.98. The van der Waals surface area contributed by atoms with Gasteiger partial charge in [-0.15, -0.1) is 0 Å². The first-order valence-electron chi connectivity index (χ1n) is 12.1. The number of allylic oxidation sites excluding steroid dienone is 3. The molecule has 3 unspecified atom stereocenters. The van der Waals surface area contributed by atoms with E-state index in [1.54, 1.807) is 12.5 Å². The number of ketones is 1. The van der Waals surface area contributed by atoms with Gasteiger partial charge >= 0.3 is 0 Å². The fourth-order valence-corrected chi connectivity index (χ4v) is 8.36. The molecular weight excluding hydrogens is 340 g/mol. The maximum Gasteiger partial charge on any atom is 0.129 e. The van der Waals surface area contributed by atoms with Crippen molar-refractivity contribution in [2.45, 2.75) is 92.4 Å². The van der Waals surface area contributed by atoms with Crippen LogP contribution in [-0.2, 0) is 4.79 Å². The number of hydrogen-bond donors (Lipinski definition) is 0. The molecular formula is C27H42O. The Balaban J connectivity index is 1.60. The summed E-state index contributed by atoms with van der Waals surface area (Å²) in [6.45, 7) is 16.4. The van der Waals surface area contributed by atoms with Crippen LogP contribution in [0.4, 0.5) is 0 Å². The Kier molecular flexibility index (Phi) is 5.20. The molecule has 0 aliphatic heterocycles. The van der Waals surface area contributed by atoms with E-state index in [0.29, 0.717) is 28.4 Å². The summed E-state index contributed by atoms with van der Waals surface area (Å²) in [6.07, 6.45) is 14.0. The van der Waals surface area contributed by atoms with Gasteiger partial charge in [0.25, 0.3) is 0 Å². The van der Waals surface area contributed by atoms with E-state index < -0.39 is 0 Å². The van der Waals surface area contributed by atoms with Crippen molar-refractivity contribution in [1.29, 1.82) is 0 Å². The SMILES string of the molecule is C=C1C=C2C[C@H](C)CC[C@]2(C)C2CC[C@@]3(C)C(CC[C@@H]3[C@H](C)CCC(C)=O)C12. The third-order valence-corrected chi connectivity index (χ3v) is 10.0. The van der Waals surface area contributed by atoms with E-state index in [9.17, 15) is 4.79 Å². The Hall–Kier alpha value is -0.850. The molecule has 0 amide bonds. The van der Waals surface area contributed by atoms with Gasteiger partial charge in [-0.05, 0) is 105 Å². The molecule has 4 aliphatic rings. The molecule has 1 nitrogen and oxygen atoms in total. The van der Waals surface area contributed by atoms with E-state index in [2.05, 4.69) is 40.3 Å². The molecule has 0 N–H and O–H groups in total. The van der Waals surface area contributed by atoms with Gasteiger partial charge in [0.05, 0.1) is 0 Å². The topological polar surface area (TPSA) is 17.1 Å². The van der Waals surface area contributed by atoms with Crippen molar-refractivity contribution < 1.29 is 4.79 Å². The Bertz CT molecular complexity index is 686. The van der Waals surface area contributed by atoms with Gasteiger partial charge in [-0.3, -0.25) is 0 Å². The van der Waals surface area contributed by atoms with Crippen molar-refractivity contribution in [3.8, 4) is 0 Å². The molecule has 0 spiro atoms. The Morgan fingerprint density at radius 1 is 1.18 bits per heavy atom. The third kappa shape index (κ3) is 3.07. The first kappa shape index (κ1) is 20.4. The predicted molar refractivity (Wildman–Crippen MR) is 118 cm³/mol.